The molecule has 2 aromatic carbocycles. The van der Waals surface area contributed by atoms with E-state index in [4.69, 9.17) is 14.2 Å². The number of aryl methyl sites for hydroxylation is 1. The normalized spacial score (nSPS) is 14.4. The van der Waals surface area contributed by atoms with Crippen molar-refractivity contribution in [3.8, 4) is 11.5 Å². The molecule has 0 bridgehead atoms. The molecule has 2 heterocycles. The third kappa shape index (κ3) is 5.56. The summed E-state index contributed by atoms with van der Waals surface area (Å²) < 4.78 is 18.1. The fraction of sp³-hybridized carbons (Fsp3) is 0.423. The Morgan fingerprint density at radius 1 is 1.06 bits per heavy atom. The number of piperidine rings is 1. The second-order valence-electron chi connectivity index (χ2n) is 8.45. The highest BCUT2D eigenvalue weighted by Crippen LogP contribution is 2.29. The van der Waals surface area contributed by atoms with E-state index in [1.807, 2.05) is 23.1 Å². The Bertz CT molecular complexity index is 1170. The summed E-state index contributed by atoms with van der Waals surface area (Å²) in [4.78, 5) is 31.9. The number of hydrogen-bond donors (Lipinski definition) is 0. The number of carbonyl (C=O) groups excluding carboxylic acids is 1. The standard InChI is InChI=1S/C26H31N3O5/c1-32-23-15-21-22(16-24(23)33-2)27-18-29(26(21)31)12-6-9-25(30)28-13-10-20(11-14-28)34-17-19-7-4-3-5-8-19/h3-5,7-8,15-16,18,20H,6,9-14,17H2,1-2H3. The van der Waals surface area contributed by atoms with Crippen molar-refractivity contribution >= 4 is 16.8 Å². The second-order valence-corrected chi connectivity index (χ2v) is 8.45. The first kappa shape index (κ1) is 23.8. The van der Waals surface area contributed by atoms with Crippen LogP contribution in [0.15, 0.2) is 53.6 Å². The van der Waals surface area contributed by atoms with Crippen molar-refractivity contribution < 1.29 is 19.0 Å². The molecule has 8 nitrogen and oxygen atoms in total. The number of hydrogen-bond acceptors (Lipinski definition) is 6. The average molecular weight is 466 g/mol. The largest absolute Gasteiger partial charge is 0.493 e. The van der Waals surface area contributed by atoms with Crippen LogP contribution in [0.25, 0.3) is 10.9 Å². The number of methoxy groups -OCH3 is 2. The van der Waals surface area contributed by atoms with E-state index in [0.29, 0.717) is 61.5 Å². The van der Waals surface area contributed by atoms with Gasteiger partial charge in [0.05, 0.1) is 44.2 Å². The van der Waals surface area contributed by atoms with E-state index < -0.39 is 0 Å². The molecule has 1 saturated heterocycles. The predicted molar refractivity (Wildman–Crippen MR) is 129 cm³/mol. The van der Waals surface area contributed by atoms with Crippen LogP contribution in [0.1, 0.15) is 31.2 Å². The minimum atomic E-state index is -0.158. The van der Waals surface area contributed by atoms with E-state index in [9.17, 15) is 9.59 Å². The van der Waals surface area contributed by atoms with Crippen molar-refractivity contribution in [1.82, 2.24) is 14.5 Å². The van der Waals surface area contributed by atoms with E-state index in [2.05, 4.69) is 17.1 Å². The SMILES string of the molecule is COc1cc2ncn(CCCC(=O)N3CCC(OCc4ccccc4)CC3)c(=O)c2cc1OC. The van der Waals surface area contributed by atoms with Crippen LogP contribution >= 0.6 is 0 Å². The van der Waals surface area contributed by atoms with Gasteiger partial charge >= 0.3 is 0 Å². The van der Waals surface area contributed by atoms with E-state index in [-0.39, 0.29) is 17.6 Å². The van der Waals surface area contributed by atoms with Gasteiger partial charge in [-0.3, -0.25) is 14.2 Å². The quantitative estimate of drug-likeness (QED) is 0.482. The number of amides is 1. The van der Waals surface area contributed by atoms with Gasteiger partial charge in [-0.05, 0) is 30.9 Å². The van der Waals surface area contributed by atoms with Crippen LogP contribution in [0.2, 0.25) is 0 Å². The van der Waals surface area contributed by atoms with Gasteiger partial charge in [0.15, 0.2) is 11.5 Å². The van der Waals surface area contributed by atoms with Crippen molar-refractivity contribution in [2.24, 2.45) is 0 Å². The van der Waals surface area contributed by atoms with Crippen molar-refractivity contribution in [2.45, 2.75) is 44.9 Å². The molecule has 0 N–H and O–H groups in total. The molecule has 0 saturated carbocycles. The fourth-order valence-corrected chi connectivity index (χ4v) is 4.26. The van der Waals surface area contributed by atoms with E-state index in [1.165, 1.54) is 13.4 Å². The first-order valence-corrected chi connectivity index (χ1v) is 11.6. The van der Waals surface area contributed by atoms with E-state index in [1.54, 1.807) is 23.8 Å². The Morgan fingerprint density at radius 2 is 1.76 bits per heavy atom. The Labute approximate surface area is 199 Å². The van der Waals surface area contributed by atoms with Crippen LogP contribution in [0.5, 0.6) is 11.5 Å². The molecule has 1 aromatic heterocycles. The van der Waals surface area contributed by atoms with Crippen LogP contribution in [-0.4, -0.2) is 53.8 Å². The monoisotopic (exact) mass is 465 g/mol. The minimum absolute atomic E-state index is 0.120. The first-order chi connectivity index (χ1) is 16.6. The molecule has 0 atom stereocenters. The molecule has 8 heteroatoms. The number of benzene rings is 2. The first-order valence-electron chi connectivity index (χ1n) is 11.6. The van der Waals surface area contributed by atoms with Crippen LogP contribution in [0.4, 0.5) is 0 Å². The van der Waals surface area contributed by atoms with Gasteiger partial charge in [0.2, 0.25) is 5.91 Å². The zero-order valence-corrected chi connectivity index (χ0v) is 19.7. The van der Waals surface area contributed by atoms with Gasteiger partial charge < -0.3 is 19.1 Å². The van der Waals surface area contributed by atoms with Crippen LogP contribution in [0.3, 0.4) is 0 Å². The van der Waals surface area contributed by atoms with Crippen molar-refractivity contribution in [3.63, 3.8) is 0 Å². The summed E-state index contributed by atoms with van der Waals surface area (Å²) in [6.07, 6.45) is 4.37. The van der Waals surface area contributed by atoms with Crippen LogP contribution < -0.4 is 15.0 Å². The molecule has 180 valence electrons. The molecule has 1 aliphatic heterocycles. The number of ether oxygens (including phenoxy) is 3. The maximum absolute atomic E-state index is 12.9. The number of fused-ring (bicyclic) bond motifs is 1. The summed E-state index contributed by atoms with van der Waals surface area (Å²) in [5.41, 5.74) is 1.55. The van der Waals surface area contributed by atoms with E-state index >= 15 is 0 Å². The Kier molecular flexibility index (Phi) is 7.80. The number of aromatic nitrogens is 2. The minimum Gasteiger partial charge on any atom is -0.493 e. The Hall–Kier alpha value is -3.39. The lowest BCUT2D eigenvalue weighted by Gasteiger charge is -2.32. The second kappa shape index (κ2) is 11.2. The summed E-state index contributed by atoms with van der Waals surface area (Å²) in [6.45, 7) is 2.44. The summed E-state index contributed by atoms with van der Waals surface area (Å²) in [5.74, 6) is 1.13. The van der Waals surface area contributed by atoms with Gasteiger partial charge in [0.25, 0.3) is 5.56 Å². The summed E-state index contributed by atoms with van der Waals surface area (Å²) in [7, 11) is 3.07. The topological polar surface area (TPSA) is 82.9 Å². The van der Waals surface area contributed by atoms with Crippen molar-refractivity contribution in [3.05, 3.63) is 64.7 Å². The molecular weight excluding hydrogens is 434 g/mol. The Morgan fingerprint density at radius 3 is 2.47 bits per heavy atom. The highest BCUT2D eigenvalue weighted by Gasteiger charge is 2.23. The molecule has 4 rings (SSSR count). The highest BCUT2D eigenvalue weighted by molar-refractivity contribution is 5.81. The van der Waals surface area contributed by atoms with Crippen molar-refractivity contribution in [1.29, 1.82) is 0 Å². The van der Waals surface area contributed by atoms with Gasteiger partial charge in [-0.15, -0.1) is 0 Å². The van der Waals surface area contributed by atoms with Gasteiger partial charge in [-0.2, -0.15) is 0 Å². The summed E-state index contributed by atoms with van der Waals surface area (Å²) in [6, 6.07) is 13.5. The molecule has 1 amide bonds. The Balaban J connectivity index is 1.26. The summed E-state index contributed by atoms with van der Waals surface area (Å²) >= 11 is 0. The molecule has 34 heavy (non-hydrogen) atoms. The molecule has 0 spiro atoms. The van der Waals surface area contributed by atoms with E-state index in [0.717, 1.165) is 18.4 Å². The number of rotatable bonds is 9. The summed E-state index contributed by atoms with van der Waals surface area (Å²) in [5, 5.41) is 0.462. The van der Waals surface area contributed by atoms with Crippen LogP contribution in [0, 0.1) is 0 Å². The molecule has 0 unspecified atom stereocenters. The molecule has 0 aliphatic carbocycles. The molecular formula is C26H31N3O5. The lowest BCUT2D eigenvalue weighted by atomic mass is 10.1. The maximum Gasteiger partial charge on any atom is 0.261 e. The van der Waals surface area contributed by atoms with Gasteiger partial charge in [0.1, 0.15) is 0 Å². The smallest absolute Gasteiger partial charge is 0.261 e. The average Bonchev–Trinajstić information content (AvgIpc) is 2.89. The molecule has 1 fully saturated rings. The zero-order chi connectivity index (χ0) is 23.9. The molecule has 1 aliphatic rings. The molecule has 0 radical (unpaired) electrons. The highest BCUT2D eigenvalue weighted by atomic mass is 16.5. The molecule has 3 aromatic rings. The van der Waals surface area contributed by atoms with Gasteiger partial charge in [-0.1, -0.05) is 30.3 Å². The fourth-order valence-electron chi connectivity index (χ4n) is 4.26. The van der Waals surface area contributed by atoms with Gasteiger partial charge in [0, 0.05) is 32.1 Å². The predicted octanol–water partition coefficient (Wildman–Crippen LogP) is 3.40. The van der Waals surface area contributed by atoms with Crippen molar-refractivity contribution in [2.75, 3.05) is 27.3 Å². The number of carbonyl (C=O) groups is 1. The lowest BCUT2D eigenvalue weighted by Crippen LogP contribution is -2.40. The lowest BCUT2D eigenvalue weighted by molar-refractivity contribution is -0.134. The maximum atomic E-state index is 12.9. The number of likely N-dealkylation sites (tertiary alicyclic amines) is 1. The third-order valence-corrected chi connectivity index (χ3v) is 6.24. The van der Waals surface area contributed by atoms with Crippen LogP contribution in [-0.2, 0) is 22.7 Å². The third-order valence-electron chi connectivity index (χ3n) is 6.24. The van der Waals surface area contributed by atoms with Gasteiger partial charge in [-0.25, -0.2) is 4.98 Å². The number of nitrogens with zero attached hydrogens (tertiary/aromatic N) is 3. The zero-order valence-electron chi connectivity index (χ0n) is 19.7.